The first-order valence-electron chi connectivity index (χ1n) is 20.3. The zero-order valence-electron chi connectivity index (χ0n) is 33.2. The molecule has 0 N–H and O–H groups in total. The van der Waals surface area contributed by atoms with Crippen molar-refractivity contribution < 1.29 is 0 Å². The fourth-order valence-electron chi connectivity index (χ4n) is 8.74. The molecular formula is C55H38N4S. The predicted octanol–water partition coefficient (Wildman–Crippen LogP) is 14.2. The molecule has 0 saturated heterocycles. The Labute approximate surface area is 354 Å². The molecule has 0 radical (unpaired) electrons. The van der Waals surface area contributed by atoms with E-state index in [1.807, 2.05) is 72.7 Å². The number of hydrogen-bond donors (Lipinski definition) is 0. The zero-order chi connectivity index (χ0) is 40.2. The number of nitrogens with zero attached hydrogens (tertiary/aromatic N) is 4. The number of fused-ring (bicyclic) bond motifs is 9. The van der Waals surface area contributed by atoms with Gasteiger partial charge in [-0.05, 0) is 86.0 Å². The summed E-state index contributed by atoms with van der Waals surface area (Å²) in [6.45, 7) is 4.71. The largest absolute Gasteiger partial charge is 0.236 e. The van der Waals surface area contributed by atoms with Crippen molar-refractivity contribution in [3.8, 4) is 78.7 Å². The minimum absolute atomic E-state index is 0.140. The summed E-state index contributed by atoms with van der Waals surface area (Å²) in [5.74, 6) is 1.23. The normalized spacial score (nSPS) is 13.7. The van der Waals surface area contributed by atoms with Crippen molar-refractivity contribution in [2.24, 2.45) is 0 Å². The van der Waals surface area contributed by atoms with Gasteiger partial charge in [-0.3, -0.25) is 0 Å². The Morgan fingerprint density at radius 3 is 1.77 bits per heavy atom. The van der Waals surface area contributed by atoms with Gasteiger partial charge < -0.3 is 0 Å². The minimum atomic E-state index is -0.140. The quantitative estimate of drug-likeness (QED) is 0.178. The molecule has 5 heteroatoms. The number of rotatable bonds is 4. The van der Waals surface area contributed by atoms with Crippen molar-refractivity contribution in [1.29, 1.82) is 0 Å². The monoisotopic (exact) mass is 786 g/mol. The van der Waals surface area contributed by atoms with Gasteiger partial charge in [-0.25, -0.2) is 19.9 Å². The average molecular weight is 787 g/mol. The smallest absolute Gasteiger partial charge is 0.163 e. The van der Waals surface area contributed by atoms with Crippen LogP contribution in [0.25, 0.3) is 90.8 Å². The van der Waals surface area contributed by atoms with Crippen LogP contribution in [-0.4, -0.2) is 19.9 Å². The summed E-state index contributed by atoms with van der Waals surface area (Å²) in [6, 6.07) is 60.5. The van der Waals surface area contributed by atoms with Gasteiger partial charge in [0.2, 0.25) is 0 Å². The van der Waals surface area contributed by atoms with Gasteiger partial charge in [-0.1, -0.05) is 177 Å². The van der Waals surface area contributed by atoms with Crippen LogP contribution in [-0.2, 0) is 5.41 Å². The maximum atomic E-state index is 5.25. The summed E-state index contributed by atoms with van der Waals surface area (Å²) in [4.78, 5) is 22.3. The molecule has 11 rings (SSSR count). The van der Waals surface area contributed by atoms with Crippen molar-refractivity contribution in [2.75, 3.05) is 0 Å². The third-order valence-corrected chi connectivity index (χ3v) is 13.0. The van der Waals surface area contributed by atoms with Crippen LogP contribution in [0.5, 0.6) is 0 Å². The van der Waals surface area contributed by atoms with E-state index in [-0.39, 0.29) is 5.41 Å². The molecule has 7 aromatic carbocycles. The highest BCUT2D eigenvalue weighted by molar-refractivity contribution is 7.99. The van der Waals surface area contributed by atoms with E-state index in [1.165, 1.54) is 54.3 Å². The van der Waals surface area contributed by atoms with Crippen LogP contribution in [0.15, 0.2) is 192 Å². The maximum absolute atomic E-state index is 5.25. The Bertz CT molecular complexity index is 3130. The molecule has 3 heterocycles. The van der Waals surface area contributed by atoms with E-state index >= 15 is 0 Å². The van der Waals surface area contributed by atoms with Crippen molar-refractivity contribution in [3.63, 3.8) is 0 Å². The van der Waals surface area contributed by atoms with Gasteiger partial charge in [0.1, 0.15) is 0 Å². The minimum Gasteiger partial charge on any atom is -0.236 e. The van der Waals surface area contributed by atoms with Gasteiger partial charge in [-0.15, -0.1) is 0 Å². The Morgan fingerprint density at radius 2 is 1.00 bits per heavy atom. The van der Waals surface area contributed by atoms with Gasteiger partial charge in [-0.2, -0.15) is 0 Å². The lowest BCUT2D eigenvalue weighted by Gasteiger charge is -2.23. The van der Waals surface area contributed by atoms with E-state index in [0.29, 0.717) is 11.6 Å². The fraction of sp³-hybridized carbons (Fsp3) is 0.0545. The van der Waals surface area contributed by atoms with Gasteiger partial charge >= 0.3 is 0 Å². The van der Waals surface area contributed by atoms with Crippen LogP contribution in [0.4, 0.5) is 0 Å². The van der Waals surface area contributed by atoms with Crippen LogP contribution in [0.2, 0.25) is 0 Å². The third-order valence-electron chi connectivity index (χ3n) is 11.9. The van der Waals surface area contributed by atoms with Crippen LogP contribution < -0.4 is 0 Å². The van der Waals surface area contributed by atoms with E-state index in [9.17, 15) is 0 Å². The summed E-state index contributed by atoms with van der Waals surface area (Å²) in [5.41, 5.74) is 17.6. The van der Waals surface area contributed by atoms with E-state index in [2.05, 4.69) is 147 Å². The summed E-state index contributed by atoms with van der Waals surface area (Å²) in [7, 11) is 0. The third kappa shape index (κ3) is 6.26. The Balaban J connectivity index is 1.13. The van der Waals surface area contributed by atoms with Crippen molar-refractivity contribution in [2.45, 2.75) is 29.1 Å². The molecule has 0 unspecified atom stereocenters. The van der Waals surface area contributed by atoms with Crippen LogP contribution in [0.3, 0.4) is 0 Å². The van der Waals surface area contributed by atoms with Gasteiger partial charge in [0.25, 0.3) is 0 Å². The fourth-order valence-corrected chi connectivity index (χ4v) is 9.87. The molecule has 0 amide bonds. The SMILES string of the molecule is CC1(C)c2ccccc2-c2cc3c(cc21)Sc1ccccc1-c1ccccc1/C=C\c1ccc(-c2cc(-c4ccccc4)nc(-c4cnc(-c5ccccc5)nc4)n2)cc1-3. The summed E-state index contributed by atoms with van der Waals surface area (Å²) in [5, 5.41) is 0. The molecule has 284 valence electrons. The molecule has 1 aliphatic heterocycles. The maximum Gasteiger partial charge on any atom is 0.163 e. The van der Waals surface area contributed by atoms with Crippen LogP contribution in [0, 0.1) is 0 Å². The summed E-state index contributed by atoms with van der Waals surface area (Å²) < 4.78 is 0. The van der Waals surface area contributed by atoms with Gasteiger partial charge in [0, 0.05) is 44.3 Å². The lowest BCUT2D eigenvalue weighted by atomic mass is 9.82. The second kappa shape index (κ2) is 14.6. The topological polar surface area (TPSA) is 51.6 Å². The van der Waals surface area contributed by atoms with Crippen molar-refractivity contribution in [3.05, 3.63) is 205 Å². The second-order valence-electron chi connectivity index (χ2n) is 15.9. The van der Waals surface area contributed by atoms with Gasteiger partial charge in [0.15, 0.2) is 11.6 Å². The lowest BCUT2D eigenvalue weighted by Crippen LogP contribution is -2.15. The Morgan fingerprint density at radius 1 is 0.383 bits per heavy atom. The summed E-state index contributed by atoms with van der Waals surface area (Å²) in [6.07, 6.45) is 8.19. The molecule has 4 nitrogen and oxygen atoms in total. The molecule has 0 bridgehead atoms. The average Bonchev–Trinajstić information content (AvgIpc) is 3.52. The van der Waals surface area contributed by atoms with E-state index in [1.54, 1.807) is 0 Å². The highest BCUT2D eigenvalue weighted by Crippen LogP contribution is 2.53. The molecule has 0 spiro atoms. The molecule has 60 heavy (non-hydrogen) atoms. The highest BCUT2D eigenvalue weighted by Gasteiger charge is 2.36. The van der Waals surface area contributed by atoms with E-state index < -0.39 is 0 Å². The van der Waals surface area contributed by atoms with Crippen LogP contribution in [0.1, 0.15) is 36.1 Å². The number of benzene rings is 7. The molecule has 0 atom stereocenters. The molecular weight excluding hydrogens is 749 g/mol. The number of aromatic nitrogens is 4. The molecule has 0 saturated carbocycles. The van der Waals surface area contributed by atoms with E-state index in [4.69, 9.17) is 19.9 Å². The van der Waals surface area contributed by atoms with Crippen LogP contribution >= 0.6 is 11.8 Å². The molecule has 2 aromatic heterocycles. The zero-order valence-corrected chi connectivity index (χ0v) is 34.0. The lowest BCUT2D eigenvalue weighted by molar-refractivity contribution is 0.659. The molecule has 0 fully saturated rings. The number of hydrogen-bond acceptors (Lipinski definition) is 5. The Hall–Kier alpha value is -7.21. The first kappa shape index (κ1) is 35.9. The van der Waals surface area contributed by atoms with Crippen molar-refractivity contribution in [1.82, 2.24) is 19.9 Å². The molecule has 2 aliphatic rings. The predicted molar refractivity (Wildman–Crippen MR) is 247 cm³/mol. The Kier molecular flexibility index (Phi) is 8.72. The second-order valence-corrected chi connectivity index (χ2v) is 17.0. The molecule has 1 aliphatic carbocycles. The summed E-state index contributed by atoms with van der Waals surface area (Å²) >= 11 is 1.85. The standard InChI is InChI=1S/C55H38N4S/c1-55(2)47-23-13-11-21-42(47)45-30-46-44-29-39(28-27-36(44)26-25-35-15-9-10-20-41(35)43-22-12-14-24-51(43)60-52(46)31-48(45)55)50-32-49(37-16-5-3-6-17-37)58-54(59-50)40-33-56-53(57-34-40)38-18-7-4-8-19-38/h3-34H,1-2H3/b26-25-. The highest BCUT2D eigenvalue weighted by atomic mass is 32.2. The molecule has 9 aromatic rings. The first-order valence-corrected chi connectivity index (χ1v) is 21.1. The van der Waals surface area contributed by atoms with Crippen molar-refractivity contribution >= 4 is 23.9 Å². The first-order chi connectivity index (χ1) is 29.5. The van der Waals surface area contributed by atoms with E-state index in [0.717, 1.165) is 44.8 Å². The van der Waals surface area contributed by atoms with Gasteiger partial charge in [0.05, 0.1) is 17.0 Å².